The molecule has 0 aliphatic heterocycles. The van der Waals surface area contributed by atoms with Crippen molar-refractivity contribution in [1.82, 2.24) is 10.9 Å². The van der Waals surface area contributed by atoms with Gasteiger partial charge >= 0.3 is 0 Å². The number of para-hydroxylation sites is 1. The molecular weight excluding hydrogens is 472 g/mol. The van der Waals surface area contributed by atoms with Crippen molar-refractivity contribution in [1.29, 1.82) is 0 Å². The molecule has 0 saturated heterocycles. The molecule has 7 heteroatoms. The zero-order valence-corrected chi connectivity index (χ0v) is 19.5. The van der Waals surface area contributed by atoms with E-state index in [9.17, 15) is 9.59 Å². The second-order valence-corrected chi connectivity index (χ2v) is 8.38. The van der Waals surface area contributed by atoms with Crippen LogP contribution >= 0.6 is 15.9 Å². The van der Waals surface area contributed by atoms with Gasteiger partial charge in [-0.25, -0.2) is 0 Å². The molecule has 32 heavy (non-hydrogen) atoms. The lowest BCUT2D eigenvalue weighted by molar-refractivity contribution is 0.0844. The summed E-state index contributed by atoms with van der Waals surface area (Å²) in [4.78, 5) is 25.1. The monoisotopic (exact) mass is 496 g/mol. The minimum Gasteiger partial charge on any atom is -0.492 e. The second kappa shape index (κ2) is 11.3. The number of rotatable bonds is 8. The molecule has 0 saturated carbocycles. The first-order valence-corrected chi connectivity index (χ1v) is 11.0. The number of ether oxygens (including phenoxy) is 2. The van der Waals surface area contributed by atoms with Gasteiger partial charge in [-0.1, -0.05) is 56.3 Å². The van der Waals surface area contributed by atoms with Crippen LogP contribution in [-0.2, 0) is 6.61 Å². The first kappa shape index (κ1) is 23.3. The number of hydrogen-bond donors (Lipinski definition) is 2. The number of carbonyl (C=O) groups excluding carboxylic acids is 2. The Morgan fingerprint density at radius 3 is 2.25 bits per heavy atom. The van der Waals surface area contributed by atoms with E-state index in [0.29, 0.717) is 46.2 Å². The van der Waals surface area contributed by atoms with E-state index in [-0.39, 0.29) is 0 Å². The standard InChI is InChI=1S/C25H25BrN2O4/c1-17(2)15-31-23-13-12-19(14-21(23)26)24(29)27-28-25(30)20-10-6-7-11-22(20)32-16-18-8-4-3-5-9-18/h3-14,17H,15-16H2,1-2H3,(H,27,29)(H,28,30). The number of amides is 2. The predicted octanol–water partition coefficient (Wildman–Crippen LogP) is 5.14. The van der Waals surface area contributed by atoms with E-state index in [2.05, 4.69) is 40.6 Å². The fraction of sp³-hybridized carbons (Fsp3) is 0.200. The molecule has 3 aromatic carbocycles. The molecule has 0 unspecified atom stereocenters. The van der Waals surface area contributed by atoms with Gasteiger partial charge in [-0.05, 0) is 57.7 Å². The Balaban J connectivity index is 1.59. The summed E-state index contributed by atoms with van der Waals surface area (Å²) in [7, 11) is 0. The molecule has 2 amide bonds. The molecule has 3 rings (SSSR count). The largest absolute Gasteiger partial charge is 0.492 e. The summed E-state index contributed by atoms with van der Waals surface area (Å²) in [6.07, 6.45) is 0. The maximum absolute atomic E-state index is 12.6. The number of nitrogens with one attached hydrogen (secondary N) is 2. The van der Waals surface area contributed by atoms with Crippen LogP contribution in [0.25, 0.3) is 0 Å². The van der Waals surface area contributed by atoms with Gasteiger partial charge < -0.3 is 9.47 Å². The van der Waals surface area contributed by atoms with Gasteiger partial charge in [0.1, 0.15) is 18.1 Å². The van der Waals surface area contributed by atoms with Crippen LogP contribution in [0.4, 0.5) is 0 Å². The summed E-state index contributed by atoms with van der Waals surface area (Å²) < 4.78 is 12.2. The van der Waals surface area contributed by atoms with Crippen molar-refractivity contribution < 1.29 is 19.1 Å². The van der Waals surface area contributed by atoms with Gasteiger partial charge in [0.05, 0.1) is 16.6 Å². The third-order valence-corrected chi connectivity index (χ3v) is 5.04. The van der Waals surface area contributed by atoms with E-state index in [1.54, 1.807) is 42.5 Å². The molecular formula is C25H25BrN2O4. The van der Waals surface area contributed by atoms with Gasteiger partial charge in [0.2, 0.25) is 0 Å². The lowest BCUT2D eigenvalue weighted by Crippen LogP contribution is -2.41. The predicted molar refractivity (Wildman–Crippen MR) is 127 cm³/mol. The highest BCUT2D eigenvalue weighted by atomic mass is 79.9. The Labute approximate surface area is 196 Å². The van der Waals surface area contributed by atoms with Crippen molar-refractivity contribution in [3.63, 3.8) is 0 Å². The molecule has 0 spiro atoms. The van der Waals surface area contributed by atoms with Crippen LogP contribution in [0.5, 0.6) is 11.5 Å². The third kappa shape index (κ3) is 6.59. The lowest BCUT2D eigenvalue weighted by atomic mass is 10.2. The van der Waals surface area contributed by atoms with E-state index in [1.807, 2.05) is 30.3 Å². The summed E-state index contributed by atoms with van der Waals surface area (Å²) >= 11 is 3.42. The van der Waals surface area contributed by atoms with Gasteiger partial charge in [-0.15, -0.1) is 0 Å². The van der Waals surface area contributed by atoms with Crippen molar-refractivity contribution in [2.45, 2.75) is 20.5 Å². The number of carbonyl (C=O) groups is 2. The lowest BCUT2D eigenvalue weighted by Gasteiger charge is -2.13. The molecule has 166 valence electrons. The average Bonchev–Trinajstić information content (AvgIpc) is 2.81. The van der Waals surface area contributed by atoms with E-state index < -0.39 is 11.8 Å². The fourth-order valence-corrected chi connectivity index (χ4v) is 3.28. The van der Waals surface area contributed by atoms with E-state index in [0.717, 1.165) is 5.56 Å². The van der Waals surface area contributed by atoms with Gasteiger partial charge in [-0.2, -0.15) is 0 Å². The second-order valence-electron chi connectivity index (χ2n) is 7.53. The maximum Gasteiger partial charge on any atom is 0.273 e. The van der Waals surface area contributed by atoms with Crippen LogP contribution in [0.2, 0.25) is 0 Å². The van der Waals surface area contributed by atoms with Gasteiger partial charge in [0.15, 0.2) is 0 Å². The van der Waals surface area contributed by atoms with Crippen molar-refractivity contribution in [2.24, 2.45) is 5.92 Å². The van der Waals surface area contributed by atoms with Gasteiger partial charge in [-0.3, -0.25) is 20.4 Å². The Kier molecular flexibility index (Phi) is 8.27. The highest BCUT2D eigenvalue weighted by Gasteiger charge is 2.15. The molecule has 0 aliphatic rings. The number of benzene rings is 3. The van der Waals surface area contributed by atoms with Crippen LogP contribution in [0.3, 0.4) is 0 Å². The van der Waals surface area contributed by atoms with Crippen LogP contribution in [0.1, 0.15) is 40.1 Å². The maximum atomic E-state index is 12.6. The average molecular weight is 497 g/mol. The zero-order valence-electron chi connectivity index (χ0n) is 17.9. The molecule has 0 fully saturated rings. The van der Waals surface area contributed by atoms with Crippen LogP contribution in [0.15, 0.2) is 77.3 Å². The topological polar surface area (TPSA) is 76.7 Å². The summed E-state index contributed by atoms with van der Waals surface area (Å²) in [5, 5.41) is 0. The molecule has 0 bridgehead atoms. The quantitative estimate of drug-likeness (QED) is 0.423. The molecule has 0 heterocycles. The summed E-state index contributed by atoms with van der Waals surface area (Å²) in [6, 6.07) is 21.5. The van der Waals surface area contributed by atoms with Gasteiger partial charge in [0, 0.05) is 5.56 Å². The molecule has 2 N–H and O–H groups in total. The first-order chi connectivity index (χ1) is 15.4. The Morgan fingerprint density at radius 2 is 1.53 bits per heavy atom. The summed E-state index contributed by atoms with van der Waals surface area (Å²) in [6.45, 7) is 5.02. The molecule has 3 aromatic rings. The summed E-state index contributed by atoms with van der Waals surface area (Å²) in [5.74, 6) is 0.552. The highest BCUT2D eigenvalue weighted by molar-refractivity contribution is 9.10. The van der Waals surface area contributed by atoms with Gasteiger partial charge in [0.25, 0.3) is 11.8 Å². The molecule has 0 aromatic heterocycles. The van der Waals surface area contributed by atoms with Crippen LogP contribution < -0.4 is 20.3 Å². The molecule has 0 aliphatic carbocycles. The highest BCUT2D eigenvalue weighted by Crippen LogP contribution is 2.26. The molecule has 0 atom stereocenters. The minimum atomic E-state index is -0.474. The molecule has 6 nitrogen and oxygen atoms in total. The smallest absolute Gasteiger partial charge is 0.273 e. The van der Waals surface area contributed by atoms with Crippen LogP contribution in [0, 0.1) is 5.92 Å². The first-order valence-electron chi connectivity index (χ1n) is 10.2. The van der Waals surface area contributed by atoms with E-state index in [4.69, 9.17) is 9.47 Å². The number of halogens is 1. The Morgan fingerprint density at radius 1 is 0.844 bits per heavy atom. The minimum absolute atomic E-state index is 0.322. The van der Waals surface area contributed by atoms with Crippen molar-refractivity contribution in [3.8, 4) is 11.5 Å². The van der Waals surface area contributed by atoms with E-state index >= 15 is 0 Å². The Hall–Kier alpha value is -3.32. The third-order valence-electron chi connectivity index (χ3n) is 4.42. The number of hydrogen-bond acceptors (Lipinski definition) is 4. The van der Waals surface area contributed by atoms with Crippen LogP contribution in [-0.4, -0.2) is 18.4 Å². The number of hydrazine groups is 1. The SMILES string of the molecule is CC(C)COc1ccc(C(=O)NNC(=O)c2ccccc2OCc2ccccc2)cc1Br. The van der Waals surface area contributed by atoms with Crippen molar-refractivity contribution in [2.75, 3.05) is 6.61 Å². The van der Waals surface area contributed by atoms with Crippen molar-refractivity contribution >= 4 is 27.7 Å². The summed E-state index contributed by atoms with van der Waals surface area (Å²) in [5.41, 5.74) is 6.57. The fourth-order valence-electron chi connectivity index (χ4n) is 2.78. The zero-order chi connectivity index (χ0) is 22.9. The normalized spacial score (nSPS) is 10.5. The van der Waals surface area contributed by atoms with E-state index in [1.165, 1.54) is 0 Å². The van der Waals surface area contributed by atoms with Crippen molar-refractivity contribution in [3.05, 3.63) is 94.0 Å². The Bertz CT molecular complexity index is 1070. The molecule has 0 radical (unpaired) electrons.